The van der Waals surface area contributed by atoms with Crippen LogP contribution in [0.15, 0.2) is 71.3 Å². The number of benzene rings is 2. The van der Waals surface area contributed by atoms with Crippen molar-refractivity contribution < 1.29 is 23.5 Å². The largest absolute Gasteiger partial charge is 0.467 e. The molecule has 1 aliphatic heterocycles. The van der Waals surface area contributed by atoms with Crippen LogP contribution in [-0.2, 0) is 16.1 Å². The van der Waals surface area contributed by atoms with E-state index in [1.54, 1.807) is 72.3 Å². The van der Waals surface area contributed by atoms with Crippen molar-refractivity contribution in [3.05, 3.63) is 89.4 Å². The second kappa shape index (κ2) is 9.74. The molecule has 2 aromatic carbocycles. The molecule has 0 aliphatic carbocycles. The molecule has 0 unspecified atom stereocenters. The molecule has 0 radical (unpaired) electrons. The third-order valence-corrected chi connectivity index (χ3v) is 6.22. The van der Waals surface area contributed by atoms with Crippen LogP contribution in [0.1, 0.15) is 44.3 Å². The fourth-order valence-electron chi connectivity index (χ4n) is 3.41. The molecule has 1 aromatic heterocycles. The van der Waals surface area contributed by atoms with E-state index in [4.69, 9.17) is 9.15 Å². The van der Waals surface area contributed by atoms with Crippen molar-refractivity contribution in [3.8, 4) is 0 Å². The lowest BCUT2D eigenvalue weighted by Crippen LogP contribution is -2.27. The van der Waals surface area contributed by atoms with Crippen LogP contribution in [0.25, 0.3) is 0 Å². The maximum Gasteiger partial charge on any atom is 0.338 e. The van der Waals surface area contributed by atoms with Gasteiger partial charge in [0.1, 0.15) is 11.1 Å². The van der Waals surface area contributed by atoms with Gasteiger partial charge in [-0.15, -0.1) is 11.8 Å². The number of anilines is 1. The van der Waals surface area contributed by atoms with Crippen LogP contribution in [0.4, 0.5) is 5.69 Å². The number of nitrogens with one attached hydrogen (secondary N) is 1. The smallest absolute Gasteiger partial charge is 0.338 e. The maximum absolute atomic E-state index is 12.7. The summed E-state index contributed by atoms with van der Waals surface area (Å²) >= 11 is 1.55. The van der Waals surface area contributed by atoms with Gasteiger partial charge in [-0.3, -0.25) is 9.59 Å². The monoisotopic (exact) mass is 450 g/mol. The third-order valence-electron chi connectivity index (χ3n) is 4.96. The first-order valence-electron chi connectivity index (χ1n) is 10.2. The Morgan fingerprint density at radius 1 is 1.12 bits per heavy atom. The number of ether oxygens (including phenoxy) is 1. The van der Waals surface area contributed by atoms with Crippen LogP contribution in [0.5, 0.6) is 0 Å². The van der Waals surface area contributed by atoms with Gasteiger partial charge in [0.25, 0.3) is 5.91 Å². The zero-order chi connectivity index (χ0) is 22.5. The summed E-state index contributed by atoms with van der Waals surface area (Å²) in [6, 6.07) is 17.4. The van der Waals surface area contributed by atoms with Gasteiger partial charge in [-0.2, -0.15) is 0 Å². The Hall–Kier alpha value is -3.52. The van der Waals surface area contributed by atoms with Crippen LogP contribution in [-0.4, -0.2) is 35.0 Å². The first-order chi connectivity index (χ1) is 15.5. The molecule has 3 aromatic rings. The number of amides is 2. The van der Waals surface area contributed by atoms with Crippen LogP contribution in [0.3, 0.4) is 0 Å². The number of carbonyl (C=O) groups excluding carboxylic acids is 3. The van der Waals surface area contributed by atoms with Crippen LogP contribution in [0.2, 0.25) is 0 Å². The van der Waals surface area contributed by atoms with Crippen molar-refractivity contribution in [3.63, 3.8) is 0 Å². The lowest BCUT2D eigenvalue weighted by Gasteiger charge is -2.23. The van der Waals surface area contributed by atoms with Gasteiger partial charge in [0.15, 0.2) is 0 Å². The normalized spacial score (nSPS) is 15.6. The van der Waals surface area contributed by atoms with Crippen LogP contribution in [0, 0.1) is 0 Å². The summed E-state index contributed by atoms with van der Waals surface area (Å²) in [5, 5.41) is 2.67. The quantitative estimate of drug-likeness (QED) is 0.534. The highest BCUT2D eigenvalue weighted by molar-refractivity contribution is 8.00. The molecule has 1 atom stereocenters. The molecular formula is C24H22N2O5S. The first kappa shape index (κ1) is 21.7. The summed E-state index contributed by atoms with van der Waals surface area (Å²) in [6.45, 7) is 2.43. The van der Waals surface area contributed by atoms with Crippen molar-refractivity contribution in [2.45, 2.75) is 18.8 Å². The Kier molecular flexibility index (Phi) is 6.61. The molecule has 1 aliphatic rings. The fraction of sp³-hybridized carbons (Fsp3) is 0.208. The Morgan fingerprint density at radius 2 is 1.94 bits per heavy atom. The highest BCUT2D eigenvalue weighted by Gasteiger charge is 2.33. The van der Waals surface area contributed by atoms with Crippen molar-refractivity contribution >= 4 is 35.2 Å². The Labute approximate surface area is 189 Å². The SMILES string of the molecule is CCOC(=O)c1cccc(NC(=O)c2ccc([C@H]3SCC(=O)N3Cc3ccco3)cc2)c1. The predicted octanol–water partition coefficient (Wildman–Crippen LogP) is 4.48. The average molecular weight is 451 g/mol. The Morgan fingerprint density at radius 3 is 2.66 bits per heavy atom. The molecule has 2 amide bonds. The standard InChI is InChI=1S/C24H22N2O5S/c1-2-30-24(29)18-5-3-6-19(13-18)25-22(28)16-8-10-17(11-9-16)23-26(21(27)15-32-23)14-20-7-4-12-31-20/h3-13,23H,2,14-15H2,1H3,(H,25,28)/t23-/m1/s1. The predicted molar refractivity (Wildman–Crippen MR) is 121 cm³/mol. The number of esters is 1. The van der Waals surface area contributed by atoms with E-state index in [0.717, 1.165) is 11.3 Å². The van der Waals surface area contributed by atoms with Gasteiger partial charge < -0.3 is 19.4 Å². The van der Waals surface area contributed by atoms with Crippen molar-refractivity contribution in [2.24, 2.45) is 0 Å². The summed E-state index contributed by atoms with van der Waals surface area (Å²) in [7, 11) is 0. The zero-order valence-corrected chi connectivity index (χ0v) is 18.3. The second-order valence-corrected chi connectivity index (χ2v) is 8.21. The van der Waals surface area contributed by atoms with Crippen LogP contribution >= 0.6 is 11.8 Å². The number of nitrogens with zero attached hydrogens (tertiary/aromatic N) is 1. The zero-order valence-electron chi connectivity index (χ0n) is 17.4. The number of rotatable bonds is 7. The fourth-order valence-corrected chi connectivity index (χ4v) is 4.60. The van der Waals surface area contributed by atoms with E-state index in [2.05, 4.69) is 5.32 Å². The minimum Gasteiger partial charge on any atom is -0.467 e. The summed E-state index contributed by atoms with van der Waals surface area (Å²) in [5.41, 5.74) is 2.29. The first-order valence-corrected chi connectivity index (χ1v) is 11.2. The number of hydrogen-bond acceptors (Lipinski definition) is 6. The van der Waals surface area contributed by atoms with E-state index in [9.17, 15) is 14.4 Å². The topological polar surface area (TPSA) is 88.8 Å². The lowest BCUT2D eigenvalue weighted by molar-refractivity contribution is -0.128. The second-order valence-electron chi connectivity index (χ2n) is 7.14. The van der Waals surface area contributed by atoms with Gasteiger partial charge in [-0.25, -0.2) is 4.79 Å². The van der Waals surface area contributed by atoms with E-state index >= 15 is 0 Å². The Bertz CT molecular complexity index is 1110. The molecule has 164 valence electrons. The molecule has 7 nitrogen and oxygen atoms in total. The summed E-state index contributed by atoms with van der Waals surface area (Å²) < 4.78 is 10.4. The minimum atomic E-state index is -0.435. The van der Waals surface area contributed by atoms with E-state index in [1.807, 2.05) is 18.2 Å². The van der Waals surface area contributed by atoms with Gasteiger partial charge in [0.2, 0.25) is 5.91 Å². The molecule has 32 heavy (non-hydrogen) atoms. The number of carbonyl (C=O) groups is 3. The van der Waals surface area contributed by atoms with Gasteiger partial charge in [0.05, 0.1) is 30.7 Å². The molecule has 8 heteroatoms. The molecule has 4 rings (SSSR count). The Balaban J connectivity index is 1.44. The van der Waals surface area contributed by atoms with Gasteiger partial charge in [-0.1, -0.05) is 18.2 Å². The van der Waals surface area contributed by atoms with Crippen LogP contribution < -0.4 is 5.32 Å². The average Bonchev–Trinajstić information content (AvgIpc) is 3.45. The van der Waals surface area contributed by atoms with Crippen molar-refractivity contribution in [1.82, 2.24) is 4.90 Å². The van der Waals surface area contributed by atoms with E-state index in [0.29, 0.717) is 29.1 Å². The van der Waals surface area contributed by atoms with Crippen molar-refractivity contribution in [1.29, 1.82) is 0 Å². The maximum atomic E-state index is 12.7. The molecule has 0 saturated carbocycles. The molecule has 0 spiro atoms. The molecular weight excluding hydrogens is 428 g/mol. The lowest BCUT2D eigenvalue weighted by atomic mass is 10.1. The third kappa shape index (κ3) is 4.86. The summed E-state index contributed by atoms with van der Waals surface area (Å²) in [6.07, 6.45) is 1.59. The highest BCUT2D eigenvalue weighted by atomic mass is 32.2. The molecule has 1 fully saturated rings. The number of hydrogen-bond donors (Lipinski definition) is 1. The van der Waals surface area contributed by atoms with Gasteiger partial charge >= 0.3 is 5.97 Å². The highest BCUT2D eigenvalue weighted by Crippen LogP contribution is 2.39. The van der Waals surface area contributed by atoms with E-state index < -0.39 is 5.97 Å². The van der Waals surface area contributed by atoms with E-state index in [-0.39, 0.29) is 23.8 Å². The molecule has 1 N–H and O–H groups in total. The summed E-state index contributed by atoms with van der Waals surface area (Å²) in [4.78, 5) is 38.7. The number of thioether (sulfide) groups is 1. The molecule has 2 heterocycles. The van der Waals surface area contributed by atoms with Gasteiger partial charge in [0, 0.05) is 11.3 Å². The van der Waals surface area contributed by atoms with Gasteiger partial charge in [-0.05, 0) is 55.0 Å². The number of furan rings is 1. The summed E-state index contributed by atoms with van der Waals surface area (Å²) in [5.74, 6) is 0.465. The minimum absolute atomic E-state index is 0.0553. The molecule has 0 bridgehead atoms. The molecule has 1 saturated heterocycles. The van der Waals surface area contributed by atoms with E-state index in [1.165, 1.54) is 0 Å². The van der Waals surface area contributed by atoms with Crippen molar-refractivity contribution in [2.75, 3.05) is 17.7 Å².